The molecule has 1 aromatic carbocycles. The Morgan fingerprint density at radius 1 is 1.44 bits per heavy atom. The molecule has 1 aliphatic heterocycles. The third-order valence-electron chi connectivity index (χ3n) is 3.90. The zero-order valence-electron chi connectivity index (χ0n) is 11.5. The highest BCUT2D eigenvalue weighted by molar-refractivity contribution is 5.50. The van der Waals surface area contributed by atoms with Crippen molar-refractivity contribution < 1.29 is 4.39 Å². The lowest BCUT2D eigenvalue weighted by atomic mass is 9.95. The first-order valence-electron chi connectivity index (χ1n) is 6.79. The number of hydrogen-bond donors (Lipinski definition) is 1. The Morgan fingerprint density at radius 2 is 2.22 bits per heavy atom. The lowest BCUT2D eigenvalue weighted by Crippen LogP contribution is -2.22. The lowest BCUT2D eigenvalue weighted by Gasteiger charge is -2.21. The molecule has 0 radical (unpaired) electrons. The first-order valence-corrected chi connectivity index (χ1v) is 6.79. The van der Waals surface area contributed by atoms with Gasteiger partial charge in [0.25, 0.3) is 0 Å². The van der Waals surface area contributed by atoms with Crippen molar-refractivity contribution in [3.05, 3.63) is 29.6 Å². The Labute approximate surface area is 109 Å². The molecule has 0 aromatic heterocycles. The van der Waals surface area contributed by atoms with Crippen molar-refractivity contribution in [1.82, 2.24) is 5.32 Å². The molecule has 0 saturated carbocycles. The van der Waals surface area contributed by atoms with Gasteiger partial charge in [0.1, 0.15) is 5.82 Å². The highest BCUT2D eigenvalue weighted by atomic mass is 19.1. The third-order valence-corrected chi connectivity index (χ3v) is 3.90. The van der Waals surface area contributed by atoms with Crippen LogP contribution in [0.25, 0.3) is 0 Å². The molecule has 1 unspecified atom stereocenters. The summed E-state index contributed by atoms with van der Waals surface area (Å²) in [6.07, 6.45) is 1.18. The normalized spacial score (nSPS) is 19.8. The van der Waals surface area contributed by atoms with Crippen LogP contribution in [0.4, 0.5) is 10.1 Å². The molecule has 0 bridgehead atoms. The summed E-state index contributed by atoms with van der Waals surface area (Å²) >= 11 is 0. The molecule has 1 aliphatic rings. The molecule has 100 valence electrons. The predicted octanol–water partition coefficient (Wildman–Crippen LogP) is 3.03. The molecule has 1 N–H and O–H groups in total. The standard InChI is InChI=1S/C15H23FN2/c1-11(2)13-6-7-18(10-13)15-5-4-12(9-17-3)8-14(15)16/h4-5,8,11,13,17H,6-7,9-10H2,1-3H3. The van der Waals surface area contributed by atoms with Gasteiger partial charge >= 0.3 is 0 Å². The topological polar surface area (TPSA) is 15.3 Å². The van der Waals surface area contributed by atoms with E-state index in [-0.39, 0.29) is 5.82 Å². The Kier molecular flexibility index (Phi) is 4.23. The van der Waals surface area contributed by atoms with Crippen LogP contribution in [0.3, 0.4) is 0 Å². The van der Waals surface area contributed by atoms with Crippen LogP contribution in [0, 0.1) is 17.7 Å². The molecule has 0 aliphatic carbocycles. The van der Waals surface area contributed by atoms with Gasteiger partial charge in [-0.15, -0.1) is 0 Å². The monoisotopic (exact) mass is 250 g/mol. The van der Waals surface area contributed by atoms with Gasteiger partial charge in [-0.3, -0.25) is 0 Å². The molecule has 2 rings (SSSR count). The molecule has 0 amide bonds. The van der Waals surface area contributed by atoms with Crippen LogP contribution in [-0.2, 0) is 6.54 Å². The molecule has 1 aromatic rings. The number of anilines is 1. The highest BCUT2D eigenvalue weighted by Crippen LogP contribution is 2.30. The third kappa shape index (κ3) is 2.83. The zero-order valence-corrected chi connectivity index (χ0v) is 11.5. The van der Waals surface area contributed by atoms with Crippen LogP contribution in [-0.4, -0.2) is 20.1 Å². The highest BCUT2D eigenvalue weighted by Gasteiger charge is 2.26. The molecule has 1 fully saturated rings. The smallest absolute Gasteiger partial charge is 0.146 e. The van der Waals surface area contributed by atoms with Crippen molar-refractivity contribution in [2.45, 2.75) is 26.8 Å². The van der Waals surface area contributed by atoms with Crippen molar-refractivity contribution in [2.75, 3.05) is 25.0 Å². The van der Waals surface area contributed by atoms with Gasteiger partial charge in [0, 0.05) is 19.6 Å². The molecule has 2 nitrogen and oxygen atoms in total. The minimum atomic E-state index is -0.0906. The molecule has 18 heavy (non-hydrogen) atoms. The molecule has 1 atom stereocenters. The van der Waals surface area contributed by atoms with Crippen LogP contribution >= 0.6 is 0 Å². The minimum absolute atomic E-state index is 0.0906. The maximum atomic E-state index is 14.1. The van der Waals surface area contributed by atoms with Crippen molar-refractivity contribution >= 4 is 5.69 Å². The molecule has 1 saturated heterocycles. The van der Waals surface area contributed by atoms with Gasteiger partial charge in [-0.25, -0.2) is 4.39 Å². The Hall–Kier alpha value is -1.09. The summed E-state index contributed by atoms with van der Waals surface area (Å²) in [6.45, 7) is 7.18. The van der Waals surface area contributed by atoms with Gasteiger partial charge in [0.05, 0.1) is 5.69 Å². The van der Waals surface area contributed by atoms with E-state index < -0.39 is 0 Å². The summed E-state index contributed by atoms with van der Waals surface area (Å²) in [5.74, 6) is 1.29. The summed E-state index contributed by atoms with van der Waals surface area (Å²) < 4.78 is 14.1. The first kappa shape index (κ1) is 13.3. The lowest BCUT2D eigenvalue weighted by molar-refractivity contribution is 0.422. The summed E-state index contributed by atoms with van der Waals surface area (Å²) in [5, 5.41) is 3.04. The van der Waals surface area contributed by atoms with Crippen molar-refractivity contribution in [3.63, 3.8) is 0 Å². The van der Waals surface area contributed by atoms with Crippen molar-refractivity contribution in [1.29, 1.82) is 0 Å². The fraction of sp³-hybridized carbons (Fsp3) is 0.600. The largest absolute Gasteiger partial charge is 0.369 e. The van der Waals surface area contributed by atoms with E-state index in [4.69, 9.17) is 0 Å². The van der Waals surface area contributed by atoms with Gasteiger partial charge in [0.2, 0.25) is 0 Å². The van der Waals surface area contributed by atoms with E-state index in [0.717, 1.165) is 24.3 Å². The Morgan fingerprint density at radius 3 is 2.78 bits per heavy atom. The predicted molar refractivity (Wildman–Crippen MR) is 74.3 cm³/mol. The Balaban J connectivity index is 2.10. The summed E-state index contributed by atoms with van der Waals surface area (Å²) in [6, 6.07) is 5.58. The molecule has 1 heterocycles. The van der Waals surface area contributed by atoms with Gasteiger partial charge in [0.15, 0.2) is 0 Å². The summed E-state index contributed by atoms with van der Waals surface area (Å²) in [5.41, 5.74) is 1.76. The number of benzene rings is 1. The van der Waals surface area contributed by atoms with Crippen LogP contribution in [0.15, 0.2) is 18.2 Å². The van der Waals surface area contributed by atoms with E-state index in [2.05, 4.69) is 24.1 Å². The number of nitrogens with zero attached hydrogens (tertiary/aromatic N) is 1. The molecular formula is C15H23FN2. The summed E-state index contributed by atoms with van der Waals surface area (Å²) in [4.78, 5) is 2.18. The number of rotatable bonds is 4. The van der Waals surface area contributed by atoms with Crippen LogP contribution in [0.5, 0.6) is 0 Å². The van der Waals surface area contributed by atoms with E-state index in [1.165, 1.54) is 6.42 Å². The van der Waals surface area contributed by atoms with E-state index in [1.807, 2.05) is 19.2 Å². The van der Waals surface area contributed by atoms with Gasteiger partial charge in [-0.05, 0) is 43.0 Å². The zero-order chi connectivity index (χ0) is 13.1. The fourth-order valence-corrected chi connectivity index (χ4v) is 2.67. The SMILES string of the molecule is CNCc1ccc(N2CCC(C(C)C)C2)c(F)c1. The van der Waals surface area contributed by atoms with Gasteiger partial charge in [-0.2, -0.15) is 0 Å². The average molecular weight is 250 g/mol. The van der Waals surface area contributed by atoms with Gasteiger partial charge < -0.3 is 10.2 Å². The average Bonchev–Trinajstić information content (AvgIpc) is 2.79. The minimum Gasteiger partial charge on any atom is -0.369 e. The second-order valence-corrected chi connectivity index (χ2v) is 5.55. The molecular weight excluding hydrogens is 227 g/mol. The summed E-state index contributed by atoms with van der Waals surface area (Å²) in [7, 11) is 1.87. The van der Waals surface area contributed by atoms with Crippen LogP contribution < -0.4 is 10.2 Å². The number of halogens is 1. The van der Waals surface area contributed by atoms with Crippen LogP contribution in [0.2, 0.25) is 0 Å². The quantitative estimate of drug-likeness (QED) is 0.883. The van der Waals surface area contributed by atoms with E-state index >= 15 is 0 Å². The molecule has 3 heteroatoms. The van der Waals surface area contributed by atoms with Crippen molar-refractivity contribution in [2.24, 2.45) is 11.8 Å². The van der Waals surface area contributed by atoms with Crippen LogP contribution in [0.1, 0.15) is 25.8 Å². The second-order valence-electron chi connectivity index (χ2n) is 5.55. The number of nitrogens with one attached hydrogen (secondary N) is 1. The second kappa shape index (κ2) is 5.70. The Bertz CT molecular complexity index is 403. The van der Waals surface area contributed by atoms with E-state index in [1.54, 1.807) is 6.07 Å². The van der Waals surface area contributed by atoms with E-state index in [0.29, 0.717) is 18.4 Å². The maximum Gasteiger partial charge on any atom is 0.146 e. The fourth-order valence-electron chi connectivity index (χ4n) is 2.67. The van der Waals surface area contributed by atoms with E-state index in [9.17, 15) is 4.39 Å². The van der Waals surface area contributed by atoms with Gasteiger partial charge in [-0.1, -0.05) is 19.9 Å². The number of hydrogen-bond acceptors (Lipinski definition) is 2. The van der Waals surface area contributed by atoms with Crippen molar-refractivity contribution in [3.8, 4) is 0 Å². The maximum absolute atomic E-state index is 14.1. The first-order chi connectivity index (χ1) is 8.61. The molecule has 0 spiro atoms.